The van der Waals surface area contributed by atoms with Gasteiger partial charge in [0, 0.05) is 12.4 Å². The molecule has 1 saturated heterocycles. The van der Waals surface area contributed by atoms with E-state index in [2.05, 4.69) is 4.98 Å². The second-order valence-electron chi connectivity index (χ2n) is 6.41. The third kappa shape index (κ3) is 3.16. The first-order valence-electron chi connectivity index (χ1n) is 8.87. The largest absolute Gasteiger partial charge is 0.342 e. The van der Waals surface area contributed by atoms with E-state index < -0.39 is 23.8 Å². The Morgan fingerprint density at radius 3 is 1.75 bits per heavy atom. The van der Waals surface area contributed by atoms with E-state index in [-0.39, 0.29) is 6.42 Å². The number of urea groups is 1. The smallest absolute Gasteiger partial charge is 0.273 e. The van der Waals surface area contributed by atoms with Crippen LogP contribution in [0.15, 0.2) is 85.2 Å². The van der Waals surface area contributed by atoms with Crippen LogP contribution in [0, 0.1) is 5.92 Å². The first-order valence-corrected chi connectivity index (χ1v) is 8.87. The number of nitrogens with zero attached hydrogens (tertiary/aromatic N) is 3. The molecule has 1 aliphatic rings. The maximum absolute atomic E-state index is 13.2. The summed E-state index contributed by atoms with van der Waals surface area (Å²) in [6.07, 6.45) is 3.23. The number of para-hydroxylation sites is 1. The van der Waals surface area contributed by atoms with Crippen molar-refractivity contribution in [2.24, 2.45) is 5.92 Å². The van der Waals surface area contributed by atoms with Crippen LogP contribution in [-0.4, -0.2) is 22.8 Å². The molecule has 4 amide bonds. The number of amides is 4. The molecule has 1 unspecified atom stereocenters. The number of carbonyl (C=O) groups is 3. The summed E-state index contributed by atoms with van der Waals surface area (Å²) >= 11 is 0. The normalized spacial score (nSPS) is 17.1. The van der Waals surface area contributed by atoms with Gasteiger partial charge < -0.3 is 0 Å². The van der Waals surface area contributed by atoms with Gasteiger partial charge in [-0.05, 0) is 36.2 Å². The van der Waals surface area contributed by atoms with Crippen molar-refractivity contribution in [1.29, 1.82) is 0 Å². The van der Waals surface area contributed by atoms with Crippen LogP contribution in [0.25, 0.3) is 0 Å². The third-order valence-electron chi connectivity index (χ3n) is 4.64. The second-order valence-corrected chi connectivity index (χ2v) is 6.41. The van der Waals surface area contributed by atoms with Gasteiger partial charge in [0.25, 0.3) is 0 Å². The van der Waals surface area contributed by atoms with Crippen LogP contribution in [0.2, 0.25) is 0 Å². The quantitative estimate of drug-likeness (QED) is 0.659. The van der Waals surface area contributed by atoms with Gasteiger partial charge in [0.2, 0.25) is 11.8 Å². The zero-order chi connectivity index (χ0) is 19.5. The molecule has 2 aromatic carbocycles. The van der Waals surface area contributed by atoms with Crippen molar-refractivity contribution in [3.8, 4) is 0 Å². The van der Waals surface area contributed by atoms with Gasteiger partial charge in [0.05, 0.1) is 11.4 Å². The topological polar surface area (TPSA) is 70.6 Å². The molecule has 3 aromatic rings. The average Bonchev–Trinajstić information content (AvgIpc) is 2.74. The fourth-order valence-electron chi connectivity index (χ4n) is 3.28. The summed E-state index contributed by atoms with van der Waals surface area (Å²) in [7, 11) is 0. The Kier molecular flexibility index (Phi) is 4.68. The number of pyridine rings is 1. The lowest BCUT2D eigenvalue weighted by atomic mass is 9.94. The Morgan fingerprint density at radius 2 is 1.18 bits per heavy atom. The van der Waals surface area contributed by atoms with Crippen molar-refractivity contribution < 1.29 is 14.4 Å². The first-order chi connectivity index (χ1) is 13.7. The van der Waals surface area contributed by atoms with Gasteiger partial charge >= 0.3 is 6.03 Å². The van der Waals surface area contributed by atoms with Gasteiger partial charge in [0.15, 0.2) is 0 Å². The van der Waals surface area contributed by atoms with E-state index in [9.17, 15) is 14.4 Å². The van der Waals surface area contributed by atoms with Crippen molar-refractivity contribution in [2.45, 2.75) is 6.42 Å². The lowest BCUT2D eigenvalue weighted by Gasteiger charge is -2.36. The Bertz CT molecular complexity index is 945. The third-order valence-corrected chi connectivity index (χ3v) is 4.64. The molecule has 0 aliphatic carbocycles. The summed E-state index contributed by atoms with van der Waals surface area (Å²) in [5.41, 5.74) is 1.67. The molecule has 138 valence electrons. The minimum absolute atomic E-state index is 0.219. The summed E-state index contributed by atoms with van der Waals surface area (Å²) in [4.78, 5) is 45.6. The second kappa shape index (κ2) is 7.44. The number of benzene rings is 2. The number of barbiturate groups is 1. The van der Waals surface area contributed by atoms with Gasteiger partial charge in [-0.15, -0.1) is 0 Å². The number of hydrogen-bond acceptors (Lipinski definition) is 4. The fraction of sp³-hybridized carbons (Fsp3) is 0.0909. The van der Waals surface area contributed by atoms with Crippen LogP contribution in [0.5, 0.6) is 0 Å². The molecule has 6 heteroatoms. The lowest BCUT2D eigenvalue weighted by Crippen LogP contribution is -2.61. The molecule has 0 spiro atoms. The maximum atomic E-state index is 13.2. The zero-order valence-electron chi connectivity index (χ0n) is 14.9. The van der Waals surface area contributed by atoms with E-state index in [0.717, 1.165) is 15.4 Å². The fourth-order valence-corrected chi connectivity index (χ4v) is 3.28. The molecule has 0 bridgehead atoms. The number of aromatic nitrogens is 1. The molecule has 6 nitrogen and oxygen atoms in total. The van der Waals surface area contributed by atoms with E-state index in [0.29, 0.717) is 11.4 Å². The van der Waals surface area contributed by atoms with Crippen LogP contribution in [0.4, 0.5) is 16.2 Å². The number of rotatable bonds is 4. The zero-order valence-corrected chi connectivity index (χ0v) is 14.9. The molecular formula is C22H17N3O3. The minimum atomic E-state index is -0.992. The van der Waals surface area contributed by atoms with E-state index in [1.165, 1.54) is 12.4 Å². The van der Waals surface area contributed by atoms with Crippen molar-refractivity contribution in [3.63, 3.8) is 0 Å². The molecule has 0 saturated carbocycles. The molecule has 1 aliphatic heterocycles. The van der Waals surface area contributed by atoms with Crippen LogP contribution in [0.1, 0.15) is 5.56 Å². The SMILES string of the molecule is O=C1C(Cc2ccccc2)C(=O)N(c2ccncc2)C(=O)N1c1ccccc1. The van der Waals surface area contributed by atoms with Gasteiger partial charge in [-0.2, -0.15) is 0 Å². The highest BCUT2D eigenvalue weighted by Gasteiger charge is 2.47. The molecule has 4 rings (SSSR count). The molecule has 28 heavy (non-hydrogen) atoms. The summed E-state index contributed by atoms with van der Waals surface area (Å²) < 4.78 is 0. The predicted octanol–water partition coefficient (Wildman–Crippen LogP) is 3.44. The molecule has 1 fully saturated rings. The molecular weight excluding hydrogens is 354 g/mol. The highest BCUT2D eigenvalue weighted by molar-refractivity contribution is 6.36. The molecule has 1 atom stereocenters. The summed E-state index contributed by atoms with van der Waals surface area (Å²) in [5.74, 6) is -2.04. The highest BCUT2D eigenvalue weighted by Crippen LogP contribution is 2.30. The van der Waals surface area contributed by atoms with E-state index >= 15 is 0 Å². The Morgan fingerprint density at radius 1 is 0.679 bits per heavy atom. The summed E-state index contributed by atoms with van der Waals surface area (Å²) in [5, 5.41) is 0. The Hall–Kier alpha value is -3.80. The number of carbonyl (C=O) groups excluding carboxylic acids is 3. The number of hydrogen-bond donors (Lipinski definition) is 0. The molecule has 2 heterocycles. The van der Waals surface area contributed by atoms with Crippen molar-refractivity contribution >= 4 is 29.2 Å². The Balaban J connectivity index is 1.78. The summed E-state index contributed by atoms with van der Waals surface area (Å²) in [6, 6.07) is 20.4. The number of anilines is 2. The Labute approximate surface area is 162 Å². The predicted molar refractivity (Wildman–Crippen MR) is 105 cm³/mol. The van der Waals surface area contributed by atoms with Gasteiger partial charge in [0.1, 0.15) is 5.92 Å². The number of imide groups is 2. The average molecular weight is 371 g/mol. The standard InChI is InChI=1S/C22H17N3O3/c26-20-19(15-16-7-3-1-4-8-16)21(27)25(18-11-13-23-14-12-18)22(28)24(20)17-9-5-2-6-10-17/h1-14,19H,15H2. The van der Waals surface area contributed by atoms with Crippen LogP contribution in [0.3, 0.4) is 0 Å². The highest BCUT2D eigenvalue weighted by atomic mass is 16.2. The van der Waals surface area contributed by atoms with Crippen LogP contribution < -0.4 is 9.80 Å². The van der Waals surface area contributed by atoms with E-state index in [1.54, 1.807) is 42.5 Å². The van der Waals surface area contributed by atoms with Crippen LogP contribution >= 0.6 is 0 Å². The molecule has 0 radical (unpaired) electrons. The molecule has 1 aromatic heterocycles. The van der Waals surface area contributed by atoms with Gasteiger partial charge in [-0.1, -0.05) is 48.5 Å². The van der Waals surface area contributed by atoms with Crippen LogP contribution in [-0.2, 0) is 16.0 Å². The maximum Gasteiger partial charge on any atom is 0.342 e. The lowest BCUT2D eigenvalue weighted by molar-refractivity contribution is -0.132. The van der Waals surface area contributed by atoms with Gasteiger partial charge in [-0.3, -0.25) is 14.6 Å². The van der Waals surface area contributed by atoms with E-state index in [4.69, 9.17) is 0 Å². The monoisotopic (exact) mass is 371 g/mol. The van der Waals surface area contributed by atoms with Gasteiger partial charge in [-0.25, -0.2) is 14.6 Å². The van der Waals surface area contributed by atoms with E-state index in [1.807, 2.05) is 30.3 Å². The molecule has 0 N–H and O–H groups in total. The van der Waals surface area contributed by atoms with Crippen molar-refractivity contribution in [1.82, 2.24) is 4.98 Å². The summed E-state index contributed by atoms with van der Waals surface area (Å²) in [6.45, 7) is 0. The minimum Gasteiger partial charge on any atom is -0.273 e. The first kappa shape index (κ1) is 17.6. The van der Waals surface area contributed by atoms with Crippen molar-refractivity contribution in [3.05, 3.63) is 90.8 Å². The van der Waals surface area contributed by atoms with Crippen molar-refractivity contribution in [2.75, 3.05) is 9.80 Å².